The number of fused-ring (bicyclic) bond motifs is 1. The first-order valence-corrected chi connectivity index (χ1v) is 5.90. The van der Waals surface area contributed by atoms with E-state index in [0.717, 1.165) is 12.4 Å². The highest BCUT2D eigenvalue weighted by molar-refractivity contribution is 5.82. The lowest BCUT2D eigenvalue weighted by atomic mass is 10.1. The first kappa shape index (κ1) is 12.6. The van der Waals surface area contributed by atoms with Gasteiger partial charge in [-0.15, -0.1) is 0 Å². The van der Waals surface area contributed by atoms with Gasteiger partial charge >= 0.3 is 0 Å². The van der Waals surface area contributed by atoms with Gasteiger partial charge in [0.1, 0.15) is 5.82 Å². The number of carbonyl (C=O) groups excluding carboxylic acids is 2. The molecule has 0 saturated heterocycles. The van der Waals surface area contributed by atoms with Crippen LogP contribution in [0.3, 0.4) is 0 Å². The quantitative estimate of drug-likeness (QED) is 0.702. The summed E-state index contributed by atoms with van der Waals surface area (Å²) in [6, 6.07) is -0.668. The Kier molecular flexibility index (Phi) is 3.61. The van der Waals surface area contributed by atoms with Crippen LogP contribution in [0.4, 0.5) is 0 Å². The van der Waals surface area contributed by atoms with Crippen molar-refractivity contribution in [3.8, 4) is 0 Å². The summed E-state index contributed by atoms with van der Waals surface area (Å²) in [5.41, 5.74) is 10.8. The topological polar surface area (TPSA) is 107 Å². The van der Waals surface area contributed by atoms with Gasteiger partial charge in [-0.05, 0) is 6.42 Å². The van der Waals surface area contributed by atoms with Crippen LogP contribution >= 0.6 is 0 Å². The molecule has 7 nitrogen and oxygen atoms in total. The lowest BCUT2D eigenvalue weighted by molar-refractivity contribution is -0.134. The third kappa shape index (κ3) is 2.67. The Labute approximate surface area is 105 Å². The fourth-order valence-corrected chi connectivity index (χ4v) is 2.02. The fourth-order valence-electron chi connectivity index (χ4n) is 2.02. The molecular formula is C11H17N5O2. The molecule has 2 amide bonds. The third-order valence-electron chi connectivity index (χ3n) is 3.08. The molecule has 0 spiro atoms. The molecule has 2 rings (SSSR count). The molecule has 7 heteroatoms. The van der Waals surface area contributed by atoms with Gasteiger partial charge in [-0.1, -0.05) is 0 Å². The van der Waals surface area contributed by atoms with E-state index < -0.39 is 11.9 Å². The van der Waals surface area contributed by atoms with Crippen molar-refractivity contribution in [3.05, 3.63) is 18.2 Å². The zero-order chi connectivity index (χ0) is 13.1. The minimum atomic E-state index is -0.668. The van der Waals surface area contributed by atoms with Crippen molar-refractivity contribution in [1.82, 2.24) is 14.5 Å². The Morgan fingerprint density at radius 2 is 2.22 bits per heavy atom. The summed E-state index contributed by atoms with van der Waals surface area (Å²) in [5, 5.41) is 0. The van der Waals surface area contributed by atoms with Crippen LogP contribution in [0.2, 0.25) is 0 Å². The first-order chi connectivity index (χ1) is 8.58. The third-order valence-corrected chi connectivity index (χ3v) is 3.08. The zero-order valence-electron chi connectivity index (χ0n) is 10.1. The van der Waals surface area contributed by atoms with Crippen molar-refractivity contribution in [2.45, 2.75) is 32.0 Å². The maximum absolute atomic E-state index is 12.1. The van der Waals surface area contributed by atoms with E-state index in [9.17, 15) is 9.59 Å². The second-order valence-electron chi connectivity index (χ2n) is 4.41. The molecule has 2 heterocycles. The van der Waals surface area contributed by atoms with E-state index in [0.29, 0.717) is 19.5 Å². The van der Waals surface area contributed by atoms with E-state index in [-0.39, 0.29) is 12.3 Å². The molecule has 0 aliphatic carbocycles. The molecule has 1 aliphatic heterocycles. The van der Waals surface area contributed by atoms with Gasteiger partial charge in [0.2, 0.25) is 11.8 Å². The average Bonchev–Trinajstić information content (AvgIpc) is 2.81. The Morgan fingerprint density at radius 3 is 2.94 bits per heavy atom. The number of imidazole rings is 1. The molecule has 0 saturated carbocycles. The molecule has 0 bridgehead atoms. The lowest BCUT2D eigenvalue weighted by Gasteiger charge is -2.29. The Hall–Kier alpha value is -1.89. The molecular weight excluding hydrogens is 234 g/mol. The van der Waals surface area contributed by atoms with Crippen molar-refractivity contribution in [1.29, 1.82) is 0 Å². The molecule has 1 aliphatic rings. The Bertz CT molecular complexity index is 456. The van der Waals surface area contributed by atoms with Crippen LogP contribution < -0.4 is 11.5 Å². The van der Waals surface area contributed by atoms with Crippen molar-refractivity contribution >= 4 is 11.8 Å². The standard InChI is InChI=1S/C11H17N5O2/c12-8(1-2-9(13)17)11(18)16-6-5-15-4-3-14-10(15)7-16/h3-4,8H,1-2,5-7,12H2,(H2,13,17)/t8-/m0/s1. The highest BCUT2D eigenvalue weighted by atomic mass is 16.2. The molecule has 0 aromatic carbocycles. The molecule has 1 aromatic heterocycles. The minimum Gasteiger partial charge on any atom is -0.370 e. The summed E-state index contributed by atoms with van der Waals surface area (Å²) in [7, 11) is 0. The first-order valence-electron chi connectivity index (χ1n) is 5.90. The van der Waals surface area contributed by atoms with Gasteiger partial charge in [0, 0.05) is 31.9 Å². The van der Waals surface area contributed by atoms with Gasteiger partial charge in [0.15, 0.2) is 0 Å². The van der Waals surface area contributed by atoms with Crippen LogP contribution in [0.15, 0.2) is 12.4 Å². The van der Waals surface area contributed by atoms with Crippen molar-refractivity contribution in [2.24, 2.45) is 11.5 Å². The highest BCUT2D eigenvalue weighted by Crippen LogP contribution is 2.12. The summed E-state index contributed by atoms with van der Waals surface area (Å²) >= 11 is 0. The smallest absolute Gasteiger partial charge is 0.239 e. The van der Waals surface area contributed by atoms with Crippen LogP contribution in [-0.4, -0.2) is 38.9 Å². The van der Waals surface area contributed by atoms with E-state index in [1.807, 2.05) is 10.8 Å². The number of nitrogens with two attached hydrogens (primary N) is 2. The van der Waals surface area contributed by atoms with Crippen LogP contribution in [0.25, 0.3) is 0 Å². The van der Waals surface area contributed by atoms with Crippen molar-refractivity contribution in [3.63, 3.8) is 0 Å². The maximum Gasteiger partial charge on any atom is 0.239 e. The molecule has 18 heavy (non-hydrogen) atoms. The van der Waals surface area contributed by atoms with E-state index in [1.54, 1.807) is 11.1 Å². The SMILES string of the molecule is NC(=O)CC[C@H](N)C(=O)N1CCn2ccnc2C1. The second-order valence-corrected chi connectivity index (χ2v) is 4.41. The molecule has 98 valence electrons. The average molecular weight is 251 g/mol. The monoisotopic (exact) mass is 251 g/mol. The summed E-state index contributed by atoms with van der Waals surface area (Å²) < 4.78 is 2.01. The zero-order valence-corrected chi connectivity index (χ0v) is 10.1. The largest absolute Gasteiger partial charge is 0.370 e. The number of nitrogens with zero attached hydrogens (tertiary/aromatic N) is 3. The summed E-state index contributed by atoms with van der Waals surface area (Å²) in [6.07, 6.45) is 4.04. The van der Waals surface area contributed by atoms with E-state index >= 15 is 0 Å². The van der Waals surface area contributed by atoms with Gasteiger partial charge in [-0.3, -0.25) is 9.59 Å². The fraction of sp³-hybridized carbons (Fsp3) is 0.545. The normalized spacial score (nSPS) is 16.2. The van der Waals surface area contributed by atoms with Crippen molar-refractivity contribution < 1.29 is 9.59 Å². The molecule has 0 radical (unpaired) electrons. The van der Waals surface area contributed by atoms with Gasteiger partial charge in [-0.2, -0.15) is 0 Å². The lowest BCUT2D eigenvalue weighted by Crippen LogP contribution is -2.47. The van der Waals surface area contributed by atoms with Crippen molar-refractivity contribution in [2.75, 3.05) is 6.54 Å². The Balaban J connectivity index is 1.92. The van der Waals surface area contributed by atoms with Gasteiger partial charge in [-0.25, -0.2) is 4.98 Å². The number of carbonyl (C=O) groups is 2. The number of amides is 2. The van der Waals surface area contributed by atoms with Crippen LogP contribution in [0, 0.1) is 0 Å². The van der Waals surface area contributed by atoms with E-state index in [2.05, 4.69) is 4.98 Å². The number of primary amides is 1. The molecule has 4 N–H and O–H groups in total. The van der Waals surface area contributed by atoms with E-state index in [4.69, 9.17) is 11.5 Å². The maximum atomic E-state index is 12.1. The predicted molar refractivity (Wildman–Crippen MR) is 64.0 cm³/mol. The predicted octanol–water partition coefficient (Wildman–Crippen LogP) is -1.18. The Morgan fingerprint density at radius 1 is 1.44 bits per heavy atom. The van der Waals surface area contributed by atoms with E-state index in [1.165, 1.54) is 0 Å². The van der Waals surface area contributed by atoms with Crippen LogP contribution in [0.1, 0.15) is 18.7 Å². The van der Waals surface area contributed by atoms with Crippen LogP contribution in [0.5, 0.6) is 0 Å². The molecule has 1 atom stereocenters. The summed E-state index contributed by atoms with van der Waals surface area (Å²) in [5.74, 6) is 0.273. The number of aromatic nitrogens is 2. The van der Waals surface area contributed by atoms with Gasteiger partial charge in [0.05, 0.1) is 12.6 Å². The molecule has 1 aromatic rings. The molecule has 0 fully saturated rings. The number of hydrogen-bond donors (Lipinski definition) is 2. The highest BCUT2D eigenvalue weighted by Gasteiger charge is 2.25. The summed E-state index contributed by atoms with van der Waals surface area (Å²) in [6.45, 7) is 1.81. The number of hydrogen-bond acceptors (Lipinski definition) is 4. The molecule has 0 unspecified atom stereocenters. The minimum absolute atomic E-state index is 0.134. The van der Waals surface area contributed by atoms with Gasteiger partial charge < -0.3 is 20.9 Å². The van der Waals surface area contributed by atoms with Crippen LogP contribution in [-0.2, 0) is 22.7 Å². The second kappa shape index (κ2) is 5.18. The summed E-state index contributed by atoms with van der Waals surface area (Å²) in [4.78, 5) is 28.6. The number of rotatable bonds is 4. The van der Waals surface area contributed by atoms with Gasteiger partial charge in [0.25, 0.3) is 0 Å².